The highest BCUT2D eigenvalue weighted by Crippen LogP contribution is 2.24. The first-order valence-electron chi connectivity index (χ1n) is 6.07. The number of sulfonamides is 1. The van der Waals surface area contributed by atoms with Gasteiger partial charge in [-0.25, -0.2) is 12.8 Å². The van der Waals surface area contributed by atoms with Gasteiger partial charge in [0, 0.05) is 24.2 Å². The lowest BCUT2D eigenvalue weighted by Crippen LogP contribution is -2.44. The quantitative estimate of drug-likeness (QED) is 0.927. The number of piperidine rings is 1. The molecule has 1 fully saturated rings. The Hall–Kier alpha value is -0.690. The predicted octanol–water partition coefficient (Wildman–Crippen LogP) is 1.85. The molecular formula is C12H16ClFN2O2S. The van der Waals surface area contributed by atoms with Crippen molar-refractivity contribution >= 4 is 21.6 Å². The maximum atomic E-state index is 13.7. The Morgan fingerprint density at radius 1 is 1.37 bits per heavy atom. The molecule has 1 aliphatic rings. The van der Waals surface area contributed by atoms with Crippen molar-refractivity contribution in [3.8, 4) is 0 Å². The molecule has 1 saturated heterocycles. The topological polar surface area (TPSA) is 49.4 Å². The number of rotatable bonds is 3. The third-order valence-electron chi connectivity index (χ3n) is 3.37. The van der Waals surface area contributed by atoms with Crippen LogP contribution >= 0.6 is 11.6 Å². The van der Waals surface area contributed by atoms with E-state index in [2.05, 4.69) is 5.32 Å². The maximum absolute atomic E-state index is 13.7. The smallest absolute Gasteiger partial charge is 0.245 e. The number of nitrogens with one attached hydrogen (secondary N) is 1. The molecule has 0 radical (unpaired) electrons. The van der Waals surface area contributed by atoms with Gasteiger partial charge in [0.1, 0.15) is 10.7 Å². The third-order valence-corrected chi connectivity index (χ3v) is 5.54. The molecule has 0 amide bonds. The summed E-state index contributed by atoms with van der Waals surface area (Å²) in [4.78, 5) is -0.306. The molecule has 0 bridgehead atoms. The minimum atomic E-state index is -3.77. The fourth-order valence-electron chi connectivity index (χ4n) is 2.21. The van der Waals surface area contributed by atoms with Crippen molar-refractivity contribution in [2.75, 3.05) is 20.1 Å². The first kappa shape index (κ1) is 14.7. The van der Waals surface area contributed by atoms with Crippen molar-refractivity contribution < 1.29 is 12.8 Å². The molecule has 19 heavy (non-hydrogen) atoms. The fourth-order valence-corrected chi connectivity index (χ4v) is 3.88. The van der Waals surface area contributed by atoms with Crippen LogP contribution in [0, 0.1) is 5.82 Å². The monoisotopic (exact) mass is 306 g/mol. The van der Waals surface area contributed by atoms with Crippen molar-refractivity contribution in [3.05, 3.63) is 29.0 Å². The summed E-state index contributed by atoms with van der Waals surface area (Å²) < 4.78 is 39.7. The van der Waals surface area contributed by atoms with E-state index in [1.807, 2.05) is 7.05 Å². The van der Waals surface area contributed by atoms with Gasteiger partial charge in [-0.2, -0.15) is 4.31 Å². The lowest BCUT2D eigenvalue weighted by Gasteiger charge is -2.31. The van der Waals surface area contributed by atoms with E-state index in [1.165, 1.54) is 16.4 Å². The molecular weight excluding hydrogens is 291 g/mol. The van der Waals surface area contributed by atoms with Gasteiger partial charge in [0.15, 0.2) is 0 Å². The zero-order valence-corrected chi connectivity index (χ0v) is 12.1. The zero-order chi connectivity index (χ0) is 14.0. The molecule has 0 unspecified atom stereocenters. The van der Waals surface area contributed by atoms with Gasteiger partial charge in [-0.15, -0.1) is 0 Å². The Morgan fingerprint density at radius 2 is 2.00 bits per heavy atom. The second-order valence-corrected chi connectivity index (χ2v) is 6.88. The van der Waals surface area contributed by atoms with Crippen LogP contribution in [0.1, 0.15) is 12.8 Å². The summed E-state index contributed by atoms with van der Waals surface area (Å²) in [6, 6.07) is 3.95. The highest BCUT2D eigenvalue weighted by molar-refractivity contribution is 7.89. The van der Waals surface area contributed by atoms with Crippen LogP contribution in [-0.4, -0.2) is 38.9 Å². The van der Waals surface area contributed by atoms with Crippen LogP contribution in [0.25, 0.3) is 0 Å². The van der Waals surface area contributed by atoms with Crippen LogP contribution < -0.4 is 5.32 Å². The van der Waals surface area contributed by atoms with E-state index in [4.69, 9.17) is 11.6 Å². The standard InChI is InChI=1S/C12H16ClFN2O2S/c1-15-10-4-6-16(7-5-10)19(17,18)12-3-2-9(13)8-11(12)14/h2-3,8,10,15H,4-7H2,1H3. The lowest BCUT2D eigenvalue weighted by atomic mass is 10.1. The van der Waals surface area contributed by atoms with E-state index >= 15 is 0 Å². The summed E-state index contributed by atoms with van der Waals surface area (Å²) in [5.74, 6) is -0.803. The predicted molar refractivity (Wildman–Crippen MR) is 72.3 cm³/mol. The summed E-state index contributed by atoms with van der Waals surface area (Å²) in [6.07, 6.45) is 1.45. The average Bonchev–Trinajstić information content (AvgIpc) is 2.38. The minimum Gasteiger partial charge on any atom is -0.317 e. The van der Waals surface area contributed by atoms with Crippen LogP contribution in [0.15, 0.2) is 23.1 Å². The molecule has 1 N–H and O–H groups in total. The van der Waals surface area contributed by atoms with Gasteiger partial charge in [-0.05, 0) is 38.1 Å². The van der Waals surface area contributed by atoms with Crippen molar-refractivity contribution in [2.45, 2.75) is 23.8 Å². The Balaban J connectivity index is 2.23. The van der Waals surface area contributed by atoms with E-state index in [0.717, 1.165) is 18.9 Å². The molecule has 0 saturated carbocycles. The Kier molecular flexibility index (Phi) is 4.45. The second kappa shape index (κ2) is 5.75. The van der Waals surface area contributed by atoms with Crippen molar-refractivity contribution in [2.24, 2.45) is 0 Å². The van der Waals surface area contributed by atoms with Gasteiger partial charge in [-0.3, -0.25) is 0 Å². The van der Waals surface area contributed by atoms with Crippen molar-refractivity contribution in [3.63, 3.8) is 0 Å². The SMILES string of the molecule is CNC1CCN(S(=O)(=O)c2ccc(Cl)cc2F)CC1. The molecule has 0 aliphatic carbocycles. The van der Waals surface area contributed by atoms with Gasteiger partial charge < -0.3 is 5.32 Å². The molecule has 1 aromatic carbocycles. The minimum absolute atomic E-state index is 0.186. The number of nitrogens with zero attached hydrogens (tertiary/aromatic N) is 1. The Morgan fingerprint density at radius 3 is 2.53 bits per heavy atom. The normalized spacial score (nSPS) is 18.7. The molecule has 106 valence electrons. The van der Waals surface area contributed by atoms with Gasteiger partial charge in [-0.1, -0.05) is 11.6 Å². The van der Waals surface area contributed by atoms with Crippen LogP contribution in [0.3, 0.4) is 0 Å². The average molecular weight is 307 g/mol. The van der Waals surface area contributed by atoms with Crippen LogP contribution in [0.2, 0.25) is 5.02 Å². The molecule has 0 aromatic heterocycles. The van der Waals surface area contributed by atoms with Crippen molar-refractivity contribution in [1.82, 2.24) is 9.62 Å². The molecule has 2 rings (SSSR count). The third kappa shape index (κ3) is 3.08. The zero-order valence-electron chi connectivity index (χ0n) is 10.6. The van der Waals surface area contributed by atoms with Crippen LogP contribution in [0.4, 0.5) is 4.39 Å². The van der Waals surface area contributed by atoms with E-state index < -0.39 is 15.8 Å². The number of hydrogen-bond acceptors (Lipinski definition) is 3. The summed E-state index contributed by atoms with van der Waals surface area (Å²) in [6.45, 7) is 0.797. The first-order valence-corrected chi connectivity index (χ1v) is 7.89. The lowest BCUT2D eigenvalue weighted by molar-refractivity contribution is 0.297. The maximum Gasteiger partial charge on any atom is 0.245 e. The van der Waals surface area contributed by atoms with Gasteiger partial charge in [0.05, 0.1) is 0 Å². The van der Waals surface area contributed by atoms with E-state index in [9.17, 15) is 12.8 Å². The summed E-state index contributed by atoms with van der Waals surface area (Å²) in [5, 5.41) is 3.31. The largest absolute Gasteiger partial charge is 0.317 e. The van der Waals surface area contributed by atoms with Gasteiger partial charge >= 0.3 is 0 Å². The Bertz CT molecular complexity index is 557. The number of hydrogen-bond donors (Lipinski definition) is 1. The van der Waals surface area contributed by atoms with E-state index in [-0.39, 0.29) is 9.92 Å². The van der Waals surface area contributed by atoms with Crippen LogP contribution in [-0.2, 0) is 10.0 Å². The highest BCUT2D eigenvalue weighted by atomic mass is 35.5. The first-order chi connectivity index (χ1) is 8.95. The van der Waals surface area contributed by atoms with Gasteiger partial charge in [0.25, 0.3) is 0 Å². The molecule has 4 nitrogen and oxygen atoms in total. The number of benzene rings is 1. The fraction of sp³-hybridized carbons (Fsp3) is 0.500. The molecule has 7 heteroatoms. The van der Waals surface area contributed by atoms with Gasteiger partial charge in [0.2, 0.25) is 10.0 Å². The van der Waals surface area contributed by atoms with Crippen LogP contribution in [0.5, 0.6) is 0 Å². The highest BCUT2D eigenvalue weighted by Gasteiger charge is 2.30. The summed E-state index contributed by atoms with van der Waals surface area (Å²) >= 11 is 5.63. The molecule has 1 aromatic rings. The van der Waals surface area contributed by atoms with E-state index in [1.54, 1.807) is 0 Å². The summed E-state index contributed by atoms with van der Waals surface area (Å²) in [7, 11) is -1.91. The Labute approximate surface area is 117 Å². The molecule has 1 heterocycles. The molecule has 0 atom stereocenters. The molecule has 1 aliphatic heterocycles. The van der Waals surface area contributed by atoms with E-state index in [0.29, 0.717) is 19.1 Å². The van der Waals surface area contributed by atoms with Crippen molar-refractivity contribution in [1.29, 1.82) is 0 Å². The molecule has 0 spiro atoms. The second-order valence-electron chi connectivity index (χ2n) is 4.54. The number of halogens is 2. The summed E-state index contributed by atoms with van der Waals surface area (Å²) in [5.41, 5.74) is 0.